The zero-order valence-electron chi connectivity index (χ0n) is 16.9. The summed E-state index contributed by atoms with van der Waals surface area (Å²) in [5.74, 6) is -2.53. The molecule has 0 aliphatic carbocycles. The van der Waals surface area contributed by atoms with Crippen LogP contribution in [0.1, 0.15) is 31.8 Å². The van der Waals surface area contributed by atoms with Gasteiger partial charge in [-0.15, -0.1) is 0 Å². The summed E-state index contributed by atoms with van der Waals surface area (Å²) in [7, 11) is 0. The van der Waals surface area contributed by atoms with E-state index in [0.717, 1.165) is 0 Å². The summed E-state index contributed by atoms with van der Waals surface area (Å²) < 4.78 is 27.3. The minimum atomic E-state index is -0.635. The van der Waals surface area contributed by atoms with Crippen LogP contribution in [0.15, 0.2) is 86.0 Å². The highest BCUT2D eigenvalue weighted by Crippen LogP contribution is 2.15. The standard InChI is InChI=1S/C24H20F2N4O2/c1-15(27-29-23(31)19-7-3-5-9-21(19)25)17-11-13-18(14-12-17)16(2)28-30-24(32)20-8-4-6-10-22(20)26/h3-14,27-28H,1-2H2,(H,29,31)(H,30,32). The van der Waals surface area contributed by atoms with Gasteiger partial charge in [-0.3, -0.25) is 31.3 Å². The molecule has 0 bridgehead atoms. The monoisotopic (exact) mass is 434 g/mol. The number of halogens is 2. The van der Waals surface area contributed by atoms with Crippen LogP contribution in [-0.4, -0.2) is 11.8 Å². The van der Waals surface area contributed by atoms with Crippen LogP contribution in [0.25, 0.3) is 11.4 Å². The zero-order valence-corrected chi connectivity index (χ0v) is 16.9. The van der Waals surface area contributed by atoms with Gasteiger partial charge >= 0.3 is 0 Å². The number of carbonyl (C=O) groups excluding carboxylic acids is 2. The van der Waals surface area contributed by atoms with Gasteiger partial charge in [0.05, 0.1) is 22.5 Å². The minimum Gasteiger partial charge on any atom is -0.298 e. The number of hydrogen-bond donors (Lipinski definition) is 4. The smallest absolute Gasteiger partial charge is 0.272 e. The number of benzene rings is 3. The van der Waals surface area contributed by atoms with Crippen molar-refractivity contribution in [2.45, 2.75) is 0 Å². The summed E-state index contributed by atoms with van der Waals surface area (Å²) in [6, 6.07) is 18.1. The van der Waals surface area contributed by atoms with Crippen LogP contribution in [0.2, 0.25) is 0 Å². The van der Waals surface area contributed by atoms with Crippen molar-refractivity contribution in [3.63, 3.8) is 0 Å². The molecule has 0 radical (unpaired) electrons. The zero-order chi connectivity index (χ0) is 23.1. The number of rotatable bonds is 8. The number of hydrazine groups is 2. The topological polar surface area (TPSA) is 82.3 Å². The highest BCUT2D eigenvalue weighted by molar-refractivity contribution is 5.95. The second kappa shape index (κ2) is 10.0. The Balaban J connectivity index is 1.53. The lowest BCUT2D eigenvalue weighted by molar-refractivity contribution is 0.0930. The molecule has 0 aliphatic heterocycles. The maximum Gasteiger partial charge on any atom is 0.272 e. The van der Waals surface area contributed by atoms with E-state index in [9.17, 15) is 18.4 Å². The van der Waals surface area contributed by atoms with Crippen molar-refractivity contribution < 1.29 is 18.4 Å². The Labute approximate surface area is 183 Å². The van der Waals surface area contributed by atoms with E-state index in [1.807, 2.05) is 0 Å². The summed E-state index contributed by atoms with van der Waals surface area (Å²) in [6.45, 7) is 7.68. The van der Waals surface area contributed by atoms with E-state index in [1.54, 1.807) is 36.4 Å². The Hall–Kier alpha value is -4.46. The number of nitrogens with one attached hydrogen (secondary N) is 4. The molecule has 0 heterocycles. The van der Waals surface area contributed by atoms with Crippen molar-refractivity contribution in [2.75, 3.05) is 0 Å². The second-order valence-electron chi connectivity index (χ2n) is 6.65. The van der Waals surface area contributed by atoms with Gasteiger partial charge in [0.2, 0.25) is 0 Å². The molecular weight excluding hydrogens is 414 g/mol. The van der Waals surface area contributed by atoms with Crippen LogP contribution >= 0.6 is 0 Å². The molecule has 0 aliphatic rings. The normalized spacial score (nSPS) is 10.1. The van der Waals surface area contributed by atoms with E-state index in [4.69, 9.17) is 0 Å². The van der Waals surface area contributed by atoms with E-state index < -0.39 is 23.4 Å². The molecule has 3 aromatic rings. The third kappa shape index (κ3) is 5.37. The molecule has 0 spiro atoms. The Morgan fingerprint density at radius 2 is 0.906 bits per heavy atom. The summed E-state index contributed by atoms with van der Waals surface area (Å²) in [6.07, 6.45) is 0. The fraction of sp³-hybridized carbons (Fsp3) is 0. The molecule has 4 N–H and O–H groups in total. The summed E-state index contributed by atoms with van der Waals surface area (Å²) in [4.78, 5) is 24.1. The second-order valence-corrected chi connectivity index (χ2v) is 6.65. The Morgan fingerprint density at radius 1 is 0.562 bits per heavy atom. The molecule has 0 saturated carbocycles. The maximum absolute atomic E-state index is 13.7. The summed E-state index contributed by atoms with van der Waals surface area (Å²) in [5.41, 5.74) is 12.0. The van der Waals surface area contributed by atoms with E-state index in [0.29, 0.717) is 22.5 Å². The molecule has 0 aromatic heterocycles. The first-order valence-corrected chi connectivity index (χ1v) is 9.47. The van der Waals surface area contributed by atoms with E-state index in [1.165, 1.54) is 36.4 Å². The van der Waals surface area contributed by atoms with Crippen LogP contribution in [-0.2, 0) is 0 Å². The number of amides is 2. The van der Waals surface area contributed by atoms with Crippen molar-refractivity contribution in [3.05, 3.63) is 120 Å². The van der Waals surface area contributed by atoms with Crippen LogP contribution in [0.4, 0.5) is 8.78 Å². The molecular formula is C24H20F2N4O2. The predicted molar refractivity (Wildman–Crippen MR) is 119 cm³/mol. The van der Waals surface area contributed by atoms with E-state index in [2.05, 4.69) is 34.9 Å². The van der Waals surface area contributed by atoms with Crippen LogP contribution < -0.4 is 21.7 Å². The van der Waals surface area contributed by atoms with E-state index in [-0.39, 0.29) is 11.1 Å². The van der Waals surface area contributed by atoms with Gasteiger partial charge < -0.3 is 0 Å². The molecule has 3 aromatic carbocycles. The molecule has 8 heteroatoms. The molecule has 6 nitrogen and oxygen atoms in total. The lowest BCUT2D eigenvalue weighted by Crippen LogP contribution is -2.36. The van der Waals surface area contributed by atoms with Gasteiger partial charge in [-0.2, -0.15) is 0 Å². The van der Waals surface area contributed by atoms with E-state index >= 15 is 0 Å². The molecule has 0 saturated heterocycles. The van der Waals surface area contributed by atoms with Gasteiger partial charge in [-0.25, -0.2) is 8.78 Å². The summed E-state index contributed by atoms with van der Waals surface area (Å²) in [5, 5.41) is 0. The molecule has 32 heavy (non-hydrogen) atoms. The Morgan fingerprint density at radius 3 is 1.25 bits per heavy atom. The van der Waals surface area contributed by atoms with Gasteiger partial charge in [0.1, 0.15) is 11.6 Å². The van der Waals surface area contributed by atoms with Crippen molar-refractivity contribution in [1.82, 2.24) is 21.7 Å². The molecule has 162 valence electrons. The van der Waals surface area contributed by atoms with Gasteiger partial charge in [-0.05, 0) is 35.4 Å². The van der Waals surface area contributed by atoms with Gasteiger partial charge in [0.15, 0.2) is 0 Å². The first-order valence-electron chi connectivity index (χ1n) is 9.47. The number of hydrogen-bond acceptors (Lipinski definition) is 4. The lowest BCUT2D eigenvalue weighted by atomic mass is 10.1. The predicted octanol–water partition coefficient (Wildman–Crippen LogP) is 3.78. The average Bonchev–Trinajstić information content (AvgIpc) is 2.81. The van der Waals surface area contributed by atoms with Crippen LogP contribution in [0, 0.1) is 11.6 Å². The average molecular weight is 434 g/mol. The third-order valence-electron chi connectivity index (χ3n) is 4.47. The maximum atomic E-state index is 13.7. The molecule has 0 unspecified atom stereocenters. The fourth-order valence-electron chi connectivity index (χ4n) is 2.71. The first kappa shape index (κ1) is 22.2. The Kier molecular flexibility index (Phi) is 6.97. The molecule has 0 fully saturated rings. The lowest BCUT2D eigenvalue weighted by Gasteiger charge is -2.14. The summed E-state index contributed by atoms with van der Waals surface area (Å²) >= 11 is 0. The number of carbonyl (C=O) groups is 2. The van der Waals surface area contributed by atoms with Crippen molar-refractivity contribution in [2.24, 2.45) is 0 Å². The van der Waals surface area contributed by atoms with Crippen LogP contribution in [0.3, 0.4) is 0 Å². The van der Waals surface area contributed by atoms with Gasteiger partial charge in [0, 0.05) is 0 Å². The van der Waals surface area contributed by atoms with Crippen LogP contribution in [0.5, 0.6) is 0 Å². The van der Waals surface area contributed by atoms with Crippen molar-refractivity contribution in [3.8, 4) is 0 Å². The van der Waals surface area contributed by atoms with Gasteiger partial charge in [-0.1, -0.05) is 61.7 Å². The fourth-order valence-corrected chi connectivity index (χ4v) is 2.71. The first-order chi connectivity index (χ1) is 15.4. The third-order valence-corrected chi connectivity index (χ3v) is 4.47. The minimum absolute atomic E-state index is 0.0945. The van der Waals surface area contributed by atoms with Crippen molar-refractivity contribution >= 4 is 23.2 Å². The van der Waals surface area contributed by atoms with Gasteiger partial charge in [0.25, 0.3) is 11.8 Å². The Bertz CT molecular complexity index is 1080. The largest absolute Gasteiger partial charge is 0.298 e. The van der Waals surface area contributed by atoms with Crippen molar-refractivity contribution in [1.29, 1.82) is 0 Å². The highest BCUT2D eigenvalue weighted by Gasteiger charge is 2.12. The quantitative estimate of drug-likeness (QED) is 0.407. The molecule has 2 amide bonds. The SMILES string of the molecule is C=C(NNC(=O)c1ccccc1F)c1ccc(C(=C)NNC(=O)c2ccccc2F)cc1. The highest BCUT2D eigenvalue weighted by atomic mass is 19.1. The molecule has 0 atom stereocenters. The molecule has 3 rings (SSSR count).